The van der Waals surface area contributed by atoms with Gasteiger partial charge in [-0.2, -0.15) is 0 Å². The normalized spacial score (nSPS) is 13.9. The highest BCUT2D eigenvalue weighted by molar-refractivity contribution is 5.54. The molecular weight excluding hydrogens is 234 g/mol. The van der Waals surface area contributed by atoms with Gasteiger partial charge in [0.2, 0.25) is 5.95 Å². The molecule has 1 aliphatic carbocycles. The average molecular weight is 253 g/mol. The maximum absolute atomic E-state index is 4.64. The Balaban J connectivity index is 1.82. The summed E-state index contributed by atoms with van der Waals surface area (Å²) in [4.78, 5) is 9.06. The zero-order valence-electron chi connectivity index (χ0n) is 11.3. The van der Waals surface area contributed by atoms with Crippen LogP contribution in [0, 0.1) is 0 Å². The van der Waals surface area contributed by atoms with Gasteiger partial charge in [-0.15, -0.1) is 0 Å². The molecule has 19 heavy (non-hydrogen) atoms. The second-order valence-corrected chi connectivity index (χ2v) is 5.05. The van der Waals surface area contributed by atoms with Crippen LogP contribution in [0.2, 0.25) is 0 Å². The van der Waals surface area contributed by atoms with E-state index in [1.54, 1.807) is 0 Å². The van der Waals surface area contributed by atoms with E-state index in [0.29, 0.717) is 5.95 Å². The number of hydrogen-bond acceptors (Lipinski definition) is 3. The number of anilines is 2. The van der Waals surface area contributed by atoms with Crippen LogP contribution in [0.4, 0.5) is 11.6 Å². The number of fused-ring (bicyclic) bond motifs is 1. The van der Waals surface area contributed by atoms with Gasteiger partial charge in [-0.25, -0.2) is 9.97 Å². The van der Waals surface area contributed by atoms with Crippen molar-refractivity contribution in [1.29, 1.82) is 0 Å². The first kappa shape index (κ1) is 12.2. The molecule has 0 saturated heterocycles. The molecule has 1 aromatic heterocycles. The standard InChI is InChI=1S/C16H19N3/c1-2-12-6-5-8-14(10-12)18-16-17-11-13-7-3-4-9-15(13)19-16/h5-6,8,10-11H,2-4,7,9H2,1H3,(H,17,18,19). The fraction of sp³-hybridized carbons (Fsp3) is 0.375. The van der Waals surface area contributed by atoms with Crippen LogP contribution >= 0.6 is 0 Å². The summed E-state index contributed by atoms with van der Waals surface area (Å²) in [6.07, 6.45) is 7.74. The van der Waals surface area contributed by atoms with Crippen LogP contribution in [0.3, 0.4) is 0 Å². The minimum Gasteiger partial charge on any atom is -0.324 e. The van der Waals surface area contributed by atoms with Gasteiger partial charge >= 0.3 is 0 Å². The van der Waals surface area contributed by atoms with E-state index < -0.39 is 0 Å². The molecule has 0 fully saturated rings. The molecule has 0 spiro atoms. The number of benzene rings is 1. The zero-order chi connectivity index (χ0) is 13.1. The summed E-state index contributed by atoms with van der Waals surface area (Å²) < 4.78 is 0. The maximum atomic E-state index is 4.64. The molecule has 98 valence electrons. The van der Waals surface area contributed by atoms with E-state index in [4.69, 9.17) is 0 Å². The number of aryl methyl sites for hydroxylation is 3. The number of rotatable bonds is 3. The van der Waals surface area contributed by atoms with Crippen LogP contribution in [0.1, 0.15) is 36.6 Å². The summed E-state index contributed by atoms with van der Waals surface area (Å²) in [7, 11) is 0. The summed E-state index contributed by atoms with van der Waals surface area (Å²) in [6.45, 7) is 2.16. The number of nitrogens with one attached hydrogen (secondary N) is 1. The van der Waals surface area contributed by atoms with Gasteiger partial charge in [0, 0.05) is 17.6 Å². The third kappa shape index (κ3) is 2.75. The van der Waals surface area contributed by atoms with Crippen molar-refractivity contribution in [2.45, 2.75) is 39.0 Å². The van der Waals surface area contributed by atoms with E-state index in [1.165, 1.54) is 29.7 Å². The summed E-state index contributed by atoms with van der Waals surface area (Å²) in [5, 5.41) is 3.31. The van der Waals surface area contributed by atoms with Crippen molar-refractivity contribution < 1.29 is 0 Å². The first-order valence-electron chi connectivity index (χ1n) is 7.06. The second kappa shape index (κ2) is 5.39. The van der Waals surface area contributed by atoms with Crippen molar-refractivity contribution in [3.63, 3.8) is 0 Å². The predicted molar refractivity (Wildman–Crippen MR) is 77.8 cm³/mol. The van der Waals surface area contributed by atoms with Gasteiger partial charge < -0.3 is 5.32 Å². The molecule has 0 bridgehead atoms. The lowest BCUT2D eigenvalue weighted by molar-refractivity contribution is 0.663. The van der Waals surface area contributed by atoms with Gasteiger partial charge in [-0.05, 0) is 55.4 Å². The Morgan fingerprint density at radius 2 is 2.11 bits per heavy atom. The second-order valence-electron chi connectivity index (χ2n) is 5.05. The van der Waals surface area contributed by atoms with Crippen molar-refractivity contribution >= 4 is 11.6 Å². The fourth-order valence-electron chi connectivity index (χ4n) is 2.53. The van der Waals surface area contributed by atoms with Gasteiger partial charge in [-0.1, -0.05) is 19.1 Å². The van der Waals surface area contributed by atoms with Crippen LogP contribution < -0.4 is 5.32 Å². The van der Waals surface area contributed by atoms with Gasteiger partial charge in [0.15, 0.2) is 0 Å². The largest absolute Gasteiger partial charge is 0.324 e. The van der Waals surface area contributed by atoms with E-state index in [0.717, 1.165) is 24.9 Å². The summed E-state index contributed by atoms with van der Waals surface area (Å²) in [5.74, 6) is 0.717. The fourth-order valence-corrected chi connectivity index (χ4v) is 2.53. The third-order valence-corrected chi connectivity index (χ3v) is 3.66. The van der Waals surface area contributed by atoms with Crippen LogP contribution in [0.5, 0.6) is 0 Å². The van der Waals surface area contributed by atoms with E-state index in [2.05, 4.69) is 46.5 Å². The number of nitrogens with zero attached hydrogens (tertiary/aromatic N) is 2. The van der Waals surface area contributed by atoms with E-state index in [1.807, 2.05) is 6.20 Å². The van der Waals surface area contributed by atoms with Gasteiger partial charge in [-0.3, -0.25) is 0 Å². The van der Waals surface area contributed by atoms with E-state index in [-0.39, 0.29) is 0 Å². The molecular formula is C16H19N3. The molecule has 3 rings (SSSR count). The van der Waals surface area contributed by atoms with Crippen LogP contribution in [-0.2, 0) is 19.3 Å². The highest BCUT2D eigenvalue weighted by Gasteiger charge is 2.11. The lowest BCUT2D eigenvalue weighted by Crippen LogP contribution is -2.08. The Morgan fingerprint density at radius 1 is 1.21 bits per heavy atom. The minimum atomic E-state index is 0.717. The maximum Gasteiger partial charge on any atom is 0.227 e. The molecule has 0 saturated carbocycles. The van der Waals surface area contributed by atoms with Crippen LogP contribution in [0.25, 0.3) is 0 Å². The molecule has 3 heteroatoms. The summed E-state index contributed by atoms with van der Waals surface area (Å²) >= 11 is 0. The van der Waals surface area contributed by atoms with Crippen LogP contribution in [0.15, 0.2) is 30.5 Å². The summed E-state index contributed by atoms with van der Waals surface area (Å²) in [5.41, 5.74) is 4.92. The molecule has 0 amide bonds. The monoisotopic (exact) mass is 253 g/mol. The highest BCUT2D eigenvalue weighted by atomic mass is 15.1. The Morgan fingerprint density at radius 3 is 3.00 bits per heavy atom. The third-order valence-electron chi connectivity index (χ3n) is 3.66. The molecule has 1 heterocycles. The first-order valence-corrected chi connectivity index (χ1v) is 7.06. The molecule has 0 radical (unpaired) electrons. The lowest BCUT2D eigenvalue weighted by atomic mass is 9.98. The van der Waals surface area contributed by atoms with E-state index >= 15 is 0 Å². The zero-order valence-corrected chi connectivity index (χ0v) is 11.3. The molecule has 0 unspecified atom stereocenters. The van der Waals surface area contributed by atoms with Crippen molar-refractivity contribution in [3.05, 3.63) is 47.3 Å². The molecule has 1 aliphatic rings. The van der Waals surface area contributed by atoms with Crippen molar-refractivity contribution in [2.75, 3.05) is 5.32 Å². The number of aromatic nitrogens is 2. The Bertz CT molecular complexity index is 578. The highest BCUT2D eigenvalue weighted by Crippen LogP contribution is 2.21. The van der Waals surface area contributed by atoms with Gasteiger partial charge in [0.05, 0.1) is 0 Å². The molecule has 2 aromatic rings. The lowest BCUT2D eigenvalue weighted by Gasteiger charge is -2.15. The number of hydrogen-bond donors (Lipinski definition) is 1. The van der Waals surface area contributed by atoms with Crippen molar-refractivity contribution in [3.8, 4) is 0 Å². The SMILES string of the molecule is CCc1cccc(Nc2ncc3c(n2)CCCC3)c1. The Kier molecular flexibility index (Phi) is 3.45. The van der Waals surface area contributed by atoms with Crippen LogP contribution in [-0.4, -0.2) is 9.97 Å². The quantitative estimate of drug-likeness (QED) is 0.907. The minimum absolute atomic E-state index is 0.717. The van der Waals surface area contributed by atoms with E-state index in [9.17, 15) is 0 Å². The molecule has 1 N–H and O–H groups in total. The van der Waals surface area contributed by atoms with Gasteiger partial charge in [0.25, 0.3) is 0 Å². The summed E-state index contributed by atoms with van der Waals surface area (Å²) in [6, 6.07) is 8.42. The molecule has 0 atom stereocenters. The van der Waals surface area contributed by atoms with Crippen molar-refractivity contribution in [2.24, 2.45) is 0 Å². The first-order chi connectivity index (χ1) is 9.35. The predicted octanol–water partition coefficient (Wildman–Crippen LogP) is 3.66. The molecule has 0 aliphatic heterocycles. The Labute approximate surface area is 114 Å². The smallest absolute Gasteiger partial charge is 0.227 e. The molecule has 1 aromatic carbocycles. The average Bonchev–Trinajstić information content (AvgIpc) is 2.47. The van der Waals surface area contributed by atoms with Crippen molar-refractivity contribution in [1.82, 2.24) is 9.97 Å². The topological polar surface area (TPSA) is 37.8 Å². The van der Waals surface area contributed by atoms with Gasteiger partial charge in [0.1, 0.15) is 0 Å². The Hall–Kier alpha value is -1.90. The molecule has 3 nitrogen and oxygen atoms in total.